The SMILES string of the molecule is Cc1cc(-c2onc(N)c2Br)ccc1Br. The van der Waals surface area contributed by atoms with Crippen LogP contribution in [0, 0.1) is 6.92 Å². The van der Waals surface area contributed by atoms with E-state index in [1.807, 2.05) is 25.1 Å². The van der Waals surface area contributed by atoms with E-state index in [0.717, 1.165) is 15.6 Å². The summed E-state index contributed by atoms with van der Waals surface area (Å²) < 4.78 is 6.90. The third-order valence-corrected chi connectivity index (χ3v) is 3.74. The highest BCUT2D eigenvalue weighted by atomic mass is 79.9. The Morgan fingerprint density at radius 1 is 1.33 bits per heavy atom. The predicted octanol–water partition coefficient (Wildman–Crippen LogP) is 3.76. The van der Waals surface area contributed by atoms with E-state index in [2.05, 4.69) is 37.0 Å². The van der Waals surface area contributed by atoms with Gasteiger partial charge in [0.2, 0.25) is 0 Å². The number of anilines is 1. The van der Waals surface area contributed by atoms with Crippen LogP contribution in [0.2, 0.25) is 0 Å². The van der Waals surface area contributed by atoms with Crippen LogP contribution >= 0.6 is 31.9 Å². The molecule has 0 spiro atoms. The molecule has 2 N–H and O–H groups in total. The highest BCUT2D eigenvalue weighted by Crippen LogP contribution is 2.33. The second-order valence-electron chi connectivity index (χ2n) is 3.17. The normalized spacial score (nSPS) is 10.6. The second-order valence-corrected chi connectivity index (χ2v) is 4.82. The fourth-order valence-corrected chi connectivity index (χ4v) is 1.88. The number of nitrogens with zero attached hydrogens (tertiary/aromatic N) is 1. The Bertz CT molecular complexity index is 508. The molecule has 2 rings (SSSR count). The van der Waals surface area contributed by atoms with Gasteiger partial charge in [0.1, 0.15) is 4.47 Å². The van der Waals surface area contributed by atoms with Gasteiger partial charge in [-0.3, -0.25) is 0 Å². The van der Waals surface area contributed by atoms with Gasteiger partial charge in [0, 0.05) is 10.0 Å². The molecule has 0 saturated heterocycles. The molecule has 0 aliphatic carbocycles. The number of aryl methyl sites for hydroxylation is 1. The monoisotopic (exact) mass is 330 g/mol. The quantitative estimate of drug-likeness (QED) is 0.865. The van der Waals surface area contributed by atoms with Gasteiger partial charge < -0.3 is 10.3 Å². The van der Waals surface area contributed by atoms with E-state index in [1.54, 1.807) is 0 Å². The summed E-state index contributed by atoms with van der Waals surface area (Å²) in [6, 6.07) is 5.92. The third-order valence-electron chi connectivity index (χ3n) is 2.08. The van der Waals surface area contributed by atoms with Crippen molar-refractivity contribution in [3.63, 3.8) is 0 Å². The molecule has 3 nitrogen and oxygen atoms in total. The lowest BCUT2D eigenvalue weighted by Crippen LogP contribution is -1.84. The first kappa shape index (κ1) is 10.7. The maximum absolute atomic E-state index is 5.58. The van der Waals surface area contributed by atoms with Crippen molar-refractivity contribution in [2.24, 2.45) is 0 Å². The van der Waals surface area contributed by atoms with Gasteiger partial charge in [-0.05, 0) is 46.6 Å². The van der Waals surface area contributed by atoms with Crippen LogP contribution in [0.1, 0.15) is 5.56 Å². The van der Waals surface area contributed by atoms with E-state index in [-0.39, 0.29) is 0 Å². The molecule has 1 heterocycles. The summed E-state index contributed by atoms with van der Waals surface area (Å²) in [6.45, 7) is 2.02. The minimum Gasteiger partial charge on any atom is -0.380 e. The first-order valence-corrected chi connectivity index (χ1v) is 5.85. The average molecular weight is 332 g/mol. The largest absolute Gasteiger partial charge is 0.380 e. The molecule has 0 atom stereocenters. The zero-order valence-electron chi connectivity index (χ0n) is 7.92. The number of halogens is 2. The summed E-state index contributed by atoms with van der Waals surface area (Å²) in [7, 11) is 0. The molecule has 15 heavy (non-hydrogen) atoms. The van der Waals surface area contributed by atoms with Crippen LogP contribution < -0.4 is 5.73 Å². The molecule has 1 aromatic heterocycles. The van der Waals surface area contributed by atoms with E-state index in [1.165, 1.54) is 0 Å². The Kier molecular flexibility index (Phi) is 2.84. The van der Waals surface area contributed by atoms with E-state index in [0.29, 0.717) is 16.1 Å². The van der Waals surface area contributed by atoms with E-state index < -0.39 is 0 Å². The van der Waals surface area contributed by atoms with Crippen LogP contribution in [0.5, 0.6) is 0 Å². The molecule has 0 bridgehead atoms. The lowest BCUT2D eigenvalue weighted by molar-refractivity contribution is 0.435. The Morgan fingerprint density at radius 3 is 2.60 bits per heavy atom. The Labute approximate surface area is 104 Å². The molecule has 0 fully saturated rings. The minimum atomic E-state index is 0.366. The molecule has 5 heteroatoms. The fraction of sp³-hybridized carbons (Fsp3) is 0.100. The second kappa shape index (κ2) is 3.98. The highest BCUT2D eigenvalue weighted by molar-refractivity contribution is 9.11. The molecule has 0 unspecified atom stereocenters. The number of hydrogen-bond donors (Lipinski definition) is 1. The molecule has 0 aliphatic rings. The van der Waals surface area contributed by atoms with Gasteiger partial charge in [-0.2, -0.15) is 0 Å². The molecule has 78 valence electrons. The minimum absolute atomic E-state index is 0.366. The molecular weight excluding hydrogens is 324 g/mol. The van der Waals surface area contributed by atoms with Gasteiger partial charge in [0.25, 0.3) is 0 Å². The molecule has 0 saturated carbocycles. The van der Waals surface area contributed by atoms with E-state index in [9.17, 15) is 0 Å². The Balaban J connectivity index is 2.55. The summed E-state index contributed by atoms with van der Waals surface area (Å²) in [5.74, 6) is 1.02. The van der Waals surface area contributed by atoms with Gasteiger partial charge in [0.05, 0.1) is 0 Å². The highest BCUT2D eigenvalue weighted by Gasteiger charge is 2.13. The summed E-state index contributed by atoms with van der Waals surface area (Å²) in [5, 5.41) is 3.69. The van der Waals surface area contributed by atoms with E-state index >= 15 is 0 Å². The van der Waals surface area contributed by atoms with Crippen LogP contribution in [0.15, 0.2) is 31.7 Å². The molecular formula is C10H8Br2N2O. The molecule has 0 radical (unpaired) electrons. The van der Waals surface area contributed by atoms with Crippen molar-refractivity contribution in [1.29, 1.82) is 0 Å². The third kappa shape index (κ3) is 1.94. The molecule has 1 aromatic carbocycles. The molecule has 0 amide bonds. The zero-order valence-corrected chi connectivity index (χ0v) is 11.1. The van der Waals surface area contributed by atoms with Crippen LogP contribution in [-0.2, 0) is 0 Å². The predicted molar refractivity (Wildman–Crippen MR) is 66.5 cm³/mol. The lowest BCUT2D eigenvalue weighted by atomic mass is 10.1. The number of benzene rings is 1. The maximum Gasteiger partial charge on any atom is 0.183 e. The summed E-state index contributed by atoms with van der Waals surface area (Å²) >= 11 is 6.78. The van der Waals surface area contributed by atoms with Gasteiger partial charge in [-0.25, -0.2) is 0 Å². The Hall–Kier alpha value is -0.810. The van der Waals surface area contributed by atoms with Crippen LogP contribution in [0.4, 0.5) is 5.82 Å². The van der Waals surface area contributed by atoms with Gasteiger partial charge >= 0.3 is 0 Å². The summed E-state index contributed by atoms with van der Waals surface area (Å²) in [4.78, 5) is 0. The summed E-state index contributed by atoms with van der Waals surface area (Å²) in [6.07, 6.45) is 0. The number of rotatable bonds is 1. The number of hydrogen-bond acceptors (Lipinski definition) is 3. The standard InChI is InChI=1S/C10H8Br2N2O/c1-5-4-6(2-3-7(5)11)9-8(12)10(13)14-15-9/h2-4H,1H3,(H2,13,14). The number of nitrogens with two attached hydrogens (primary N) is 1. The van der Waals surface area contributed by atoms with Crippen molar-refractivity contribution in [2.75, 3.05) is 5.73 Å². The smallest absolute Gasteiger partial charge is 0.183 e. The van der Waals surface area contributed by atoms with Gasteiger partial charge in [0.15, 0.2) is 11.6 Å². The van der Waals surface area contributed by atoms with Crippen LogP contribution in [-0.4, -0.2) is 5.16 Å². The van der Waals surface area contributed by atoms with Crippen molar-refractivity contribution in [3.05, 3.63) is 32.7 Å². The summed E-state index contributed by atoms with van der Waals surface area (Å²) in [5.41, 5.74) is 7.67. The Morgan fingerprint density at radius 2 is 2.07 bits per heavy atom. The van der Waals surface area contributed by atoms with Crippen molar-refractivity contribution < 1.29 is 4.52 Å². The maximum atomic E-state index is 5.58. The first-order valence-electron chi connectivity index (χ1n) is 4.26. The fourth-order valence-electron chi connectivity index (χ4n) is 1.26. The van der Waals surface area contributed by atoms with Crippen molar-refractivity contribution in [1.82, 2.24) is 5.16 Å². The topological polar surface area (TPSA) is 52.0 Å². The van der Waals surface area contributed by atoms with Crippen molar-refractivity contribution >= 4 is 37.7 Å². The average Bonchev–Trinajstić information content (AvgIpc) is 2.53. The zero-order chi connectivity index (χ0) is 11.0. The molecule has 2 aromatic rings. The van der Waals surface area contributed by atoms with Gasteiger partial charge in [-0.1, -0.05) is 21.1 Å². The van der Waals surface area contributed by atoms with E-state index in [4.69, 9.17) is 10.3 Å². The van der Waals surface area contributed by atoms with Crippen LogP contribution in [0.3, 0.4) is 0 Å². The van der Waals surface area contributed by atoms with Crippen molar-refractivity contribution in [2.45, 2.75) is 6.92 Å². The first-order chi connectivity index (χ1) is 7.09. The van der Waals surface area contributed by atoms with Crippen LogP contribution in [0.25, 0.3) is 11.3 Å². The van der Waals surface area contributed by atoms with Crippen molar-refractivity contribution in [3.8, 4) is 11.3 Å². The lowest BCUT2D eigenvalue weighted by Gasteiger charge is -2.01. The number of nitrogen functional groups attached to an aromatic ring is 1. The molecule has 0 aliphatic heterocycles. The van der Waals surface area contributed by atoms with Gasteiger partial charge in [-0.15, -0.1) is 0 Å². The number of aromatic nitrogens is 1.